The monoisotopic (exact) mass is 405 g/mol. The number of carbonyl (C=O) groups is 2. The zero-order valence-corrected chi connectivity index (χ0v) is 15.7. The van der Waals surface area contributed by atoms with Crippen molar-refractivity contribution in [1.29, 1.82) is 0 Å². The maximum Gasteiger partial charge on any atom is 0.344 e. The van der Waals surface area contributed by atoms with Gasteiger partial charge in [0.2, 0.25) is 0 Å². The molecule has 132 valence electrons. The molecule has 0 spiro atoms. The summed E-state index contributed by atoms with van der Waals surface area (Å²) < 4.78 is 11.4. The largest absolute Gasteiger partial charge is 0.482 e. The maximum atomic E-state index is 12.0. The zero-order chi connectivity index (χ0) is 18.2. The highest BCUT2D eigenvalue weighted by atomic mass is 79.9. The van der Waals surface area contributed by atoms with Crippen LogP contribution in [0.3, 0.4) is 0 Å². The maximum absolute atomic E-state index is 12.0. The van der Waals surface area contributed by atoms with Gasteiger partial charge in [-0.1, -0.05) is 35.0 Å². The quantitative estimate of drug-likeness (QED) is 0.707. The molecule has 0 bridgehead atoms. The number of esters is 1. The average molecular weight is 406 g/mol. The highest BCUT2D eigenvalue weighted by Crippen LogP contribution is 2.15. The van der Waals surface area contributed by atoms with Crippen molar-refractivity contribution in [3.05, 3.63) is 58.6 Å². The van der Waals surface area contributed by atoms with Gasteiger partial charge in [-0.15, -0.1) is 0 Å². The second-order valence-electron chi connectivity index (χ2n) is 5.41. The number of halogens is 1. The summed E-state index contributed by atoms with van der Waals surface area (Å²) in [6.07, 6.45) is 0.0232. The molecular weight excluding hydrogens is 386 g/mol. The normalized spacial score (nSPS) is 11.5. The van der Waals surface area contributed by atoms with E-state index in [1.54, 1.807) is 24.3 Å². The molecule has 0 radical (unpaired) electrons. The minimum Gasteiger partial charge on any atom is -0.482 e. The Hall–Kier alpha value is -2.34. The second-order valence-corrected chi connectivity index (χ2v) is 6.33. The lowest BCUT2D eigenvalue weighted by Gasteiger charge is -2.14. The van der Waals surface area contributed by atoms with Gasteiger partial charge in [-0.25, -0.2) is 4.79 Å². The summed E-state index contributed by atoms with van der Waals surface area (Å²) in [5, 5.41) is 2.68. The van der Waals surface area contributed by atoms with Crippen molar-refractivity contribution in [3.63, 3.8) is 0 Å². The molecule has 0 saturated carbocycles. The van der Waals surface area contributed by atoms with Gasteiger partial charge in [0.25, 0.3) is 5.91 Å². The average Bonchev–Trinajstić information content (AvgIpc) is 2.62. The smallest absolute Gasteiger partial charge is 0.344 e. The molecule has 1 amide bonds. The van der Waals surface area contributed by atoms with Gasteiger partial charge in [-0.3, -0.25) is 4.79 Å². The first-order valence-electron chi connectivity index (χ1n) is 7.95. The van der Waals surface area contributed by atoms with Crippen molar-refractivity contribution in [1.82, 2.24) is 0 Å². The van der Waals surface area contributed by atoms with E-state index in [1.165, 1.54) is 12.5 Å². The van der Waals surface area contributed by atoms with Crippen molar-refractivity contribution in [2.24, 2.45) is 0 Å². The van der Waals surface area contributed by atoms with E-state index in [4.69, 9.17) is 9.47 Å². The van der Waals surface area contributed by atoms with E-state index in [9.17, 15) is 9.59 Å². The summed E-state index contributed by atoms with van der Waals surface area (Å²) in [6.45, 7) is 3.33. The van der Waals surface area contributed by atoms with Crippen LogP contribution in [0.1, 0.15) is 19.4 Å². The molecule has 2 aromatic carbocycles. The number of hydrogen-bond donors (Lipinski definition) is 1. The molecule has 0 aliphatic carbocycles. The Morgan fingerprint density at radius 2 is 1.72 bits per heavy atom. The molecule has 1 N–H and O–H groups in total. The number of aryl methyl sites for hydroxylation is 1. The minimum absolute atomic E-state index is 0.249. The molecule has 2 rings (SSSR count). The lowest BCUT2D eigenvalue weighted by molar-refractivity contribution is -0.155. The number of hydrogen-bond acceptors (Lipinski definition) is 4. The van der Waals surface area contributed by atoms with E-state index in [0.717, 1.165) is 10.9 Å². The van der Waals surface area contributed by atoms with Gasteiger partial charge in [0, 0.05) is 10.2 Å². The van der Waals surface area contributed by atoms with Gasteiger partial charge in [0.1, 0.15) is 5.75 Å². The Kier molecular flexibility index (Phi) is 7.01. The van der Waals surface area contributed by atoms with E-state index in [1.807, 2.05) is 24.3 Å². The lowest BCUT2D eigenvalue weighted by atomic mass is 10.2. The Morgan fingerprint density at radius 1 is 1.08 bits per heavy atom. The summed E-state index contributed by atoms with van der Waals surface area (Å²) in [6, 6.07) is 14.6. The van der Waals surface area contributed by atoms with Crippen molar-refractivity contribution >= 4 is 33.5 Å². The number of anilines is 1. The van der Waals surface area contributed by atoms with Crippen LogP contribution in [0.4, 0.5) is 5.69 Å². The Bertz CT molecular complexity index is 713. The highest BCUT2D eigenvalue weighted by molar-refractivity contribution is 9.10. The van der Waals surface area contributed by atoms with Crippen LogP contribution in [-0.2, 0) is 20.7 Å². The molecule has 1 atom stereocenters. The molecule has 0 saturated heterocycles. The van der Waals surface area contributed by atoms with Gasteiger partial charge < -0.3 is 14.8 Å². The first-order valence-corrected chi connectivity index (χ1v) is 8.75. The Balaban J connectivity index is 1.78. The van der Waals surface area contributed by atoms with Gasteiger partial charge in [0.15, 0.2) is 12.7 Å². The predicted octanol–water partition coefficient (Wildman–Crippen LogP) is 3.96. The summed E-state index contributed by atoms with van der Waals surface area (Å²) in [4.78, 5) is 23.9. The van der Waals surface area contributed by atoms with Crippen LogP contribution >= 0.6 is 15.9 Å². The second kappa shape index (κ2) is 9.22. The number of benzene rings is 2. The Labute approximate surface area is 155 Å². The molecule has 0 aliphatic heterocycles. The molecule has 0 aromatic heterocycles. The van der Waals surface area contributed by atoms with Crippen molar-refractivity contribution < 1.29 is 19.1 Å². The van der Waals surface area contributed by atoms with E-state index in [0.29, 0.717) is 11.4 Å². The van der Waals surface area contributed by atoms with Crippen LogP contribution in [0.5, 0.6) is 5.75 Å². The number of rotatable bonds is 7. The fourth-order valence-electron chi connectivity index (χ4n) is 2.03. The standard InChI is InChI=1S/C19H20BrNO4/c1-3-14-4-10-17(11-5-14)24-12-18(22)25-13(2)19(23)21-16-8-6-15(20)7-9-16/h4-11,13H,3,12H2,1-2H3,(H,21,23)/t13-/m1/s1. The molecule has 25 heavy (non-hydrogen) atoms. The zero-order valence-electron chi connectivity index (χ0n) is 14.1. The summed E-state index contributed by atoms with van der Waals surface area (Å²) in [7, 11) is 0. The van der Waals surface area contributed by atoms with Crippen LogP contribution < -0.4 is 10.1 Å². The van der Waals surface area contributed by atoms with Crippen molar-refractivity contribution in [2.45, 2.75) is 26.4 Å². The van der Waals surface area contributed by atoms with E-state index < -0.39 is 18.0 Å². The van der Waals surface area contributed by atoms with E-state index in [-0.39, 0.29) is 6.61 Å². The molecule has 0 heterocycles. The van der Waals surface area contributed by atoms with Gasteiger partial charge in [-0.05, 0) is 55.3 Å². The number of amides is 1. The highest BCUT2D eigenvalue weighted by Gasteiger charge is 2.18. The van der Waals surface area contributed by atoms with Gasteiger partial charge >= 0.3 is 5.97 Å². The lowest BCUT2D eigenvalue weighted by Crippen LogP contribution is -2.31. The summed E-state index contributed by atoms with van der Waals surface area (Å²) in [5.74, 6) is -0.415. The number of ether oxygens (including phenoxy) is 2. The third-order valence-electron chi connectivity index (χ3n) is 3.48. The van der Waals surface area contributed by atoms with Crippen molar-refractivity contribution in [2.75, 3.05) is 11.9 Å². The molecular formula is C19H20BrNO4. The van der Waals surface area contributed by atoms with Crippen LogP contribution in [0.25, 0.3) is 0 Å². The van der Waals surface area contributed by atoms with Crippen LogP contribution in [0.15, 0.2) is 53.0 Å². The van der Waals surface area contributed by atoms with Gasteiger partial charge in [-0.2, -0.15) is 0 Å². The van der Waals surface area contributed by atoms with Crippen LogP contribution in [0, 0.1) is 0 Å². The fraction of sp³-hybridized carbons (Fsp3) is 0.263. The van der Waals surface area contributed by atoms with Crippen molar-refractivity contribution in [3.8, 4) is 5.75 Å². The molecule has 0 aliphatic rings. The number of nitrogens with one attached hydrogen (secondary N) is 1. The molecule has 5 nitrogen and oxygen atoms in total. The van der Waals surface area contributed by atoms with Crippen LogP contribution in [-0.4, -0.2) is 24.6 Å². The molecule has 6 heteroatoms. The summed E-state index contributed by atoms with van der Waals surface area (Å²) in [5.41, 5.74) is 1.82. The van der Waals surface area contributed by atoms with E-state index in [2.05, 4.69) is 28.2 Å². The molecule has 0 fully saturated rings. The van der Waals surface area contributed by atoms with E-state index >= 15 is 0 Å². The Morgan fingerprint density at radius 3 is 2.32 bits per heavy atom. The first-order chi connectivity index (χ1) is 12.0. The topological polar surface area (TPSA) is 64.6 Å². The summed E-state index contributed by atoms with van der Waals surface area (Å²) >= 11 is 3.32. The number of carbonyl (C=O) groups excluding carboxylic acids is 2. The minimum atomic E-state index is -0.915. The van der Waals surface area contributed by atoms with Crippen LogP contribution in [0.2, 0.25) is 0 Å². The molecule has 0 unspecified atom stereocenters. The third kappa shape index (κ3) is 6.23. The predicted molar refractivity (Wildman–Crippen MR) is 99.6 cm³/mol. The first kappa shape index (κ1) is 19.0. The SMILES string of the molecule is CCc1ccc(OCC(=O)O[C@H](C)C(=O)Nc2ccc(Br)cc2)cc1. The fourth-order valence-corrected chi connectivity index (χ4v) is 2.29. The molecule has 2 aromatic rings. The van der Waals surface area contributed by atoms with Gasteiger partial charge in [0.05, 0.1) is 0 Å². The third-order valence-corrected chi connectivity index (χ3v) is 4.01.